The lowest BCUT2D eigenvalue weighted by molar-refractivity contribution is -0.124. The van der Waals surface area contributed by atoms with Gasteiger partial charge in [-0.2, -0.15) is 0 Å². The second kappa shape index (κ2) is 6.72. The molecule has 1 N–H and O–H groups in total. The summed E-state index contributed by atoms with van der Waals surface area (Å²) >= 11 is 0. The number of amides is 1. The molecule has 0 aromatic heterocycles. The van der Waals surface area contributed by atoms with Gasteiger partial charge in [-0.05, 0) is 36.4 Å². The van der Waals surface area contributed by atoms with Gasteiger partial charge >= 0.3 is 0 Å². The van der Waals surface area contributed by atoms with E-state index in [2.05, 4.69) is 15.1 Å². The number of anilines is 2. The number of carbonyl (C=O) groups is 1. The molecule has 4 rings (SSSR count). The van der Waals surface area contributed by atoms with Crippen molar-refractivity contribution in [3.8, 4) is 5.75 Å². The highest BCUT2D eigenvalue weighted by Crippen LogP contribution is 2.29. The molecule has 2 aromatic rings. The molecule has 0 bridgehead atoms. The number of nitrogens with zero attached hydrogens (tertiary/aromatic N) is 2. The maximum absolute atomic E-state index is 13.0. The molecule has 25 heavy (non-hydrogen) atoms. The third-order valence-corrected chi connectivity index (χ3v) is 4.69. The van der Waals surface area contributed by atoms with E-state index in [1.165, 1.54) is 12.1 Å². The summed E-state index contributed by atoms with van der Waals surface area (Å²) in [6.07, 6.45) is -0.493. The highest BCUT2D eigenvalue weighted by molar-refractivity contribution is 5.97. The molecule has 1 atom stereocenters. The van der Waals surface area contributed by atoms with Crippen molar-refractivity contribution in [2.75, 3.05) is 42.9 Å². The first-order chi connectivity index (χ1) is 12.2. The van der Waals surface area contributed by atoms with Crippen molar-refractivity contribution in [1.82, 2.24) is 4.90 Å². The van der Waals surface area contributed by atoms with Gasteiger partial charge in [-0.1, -0.05) is 12.1 Å². The monoisotopic (exact) mass is 341 g/mol. The van der Waals surface area contributed by atoms with Gasteiger partial charge in [0.05, 0.1) is 5.69 Å². The Hall–Kier alpha value is -2.60. The van der Waals surface area contributed by atoms with Gasteiger partial charge in [-0.25, -0.2) is 4.39 Å². The van der Waals surface area contributed by atoms with Gasteiger partial charge in [0.2, 0.25) is 0 Å². The predicted octanol–water partition coefficient (Wildman–Crippen LogP) is 2.35. The Morgan fingerprint density at radius 3 is 2.52 bits per heavy atom. The van der Waals surface area contributed by atoms with Crippen LogP contribution in [0.15, 0.2) is 48.5 Å². The van der Waals surface area contributed by atoms with Crippen LogP contribution >= 0.6 is 0 Å². The molecule has 2 aliphatic rings. The fourth-order valence-electron chi connectivity index (χ4n) is 3.29. The SMILES string of the molecule is O=C1Nc2ccccc2OC1CN1CCN(c2ccc(F)cc2)CC1. The number of ether oxygens (including phenoxy) is 1. The van der Waals surface area contributed by atoms with Crippen LogP contribution in [0, 0.1) is 5.82 Å². The van der Waals surface area contributed by atoms with Crippen molar-refractivity contribution in [2.24, 2.45) is 0 Å². The Bertz CT molecular complexity index is 758. The van der Waals surface area contributed by atoms with Crippen LogP contribution in [0.1, 0.15) is 0 Å². The van der Waals surface area contributed by atoms with E-state index >= 15 is 0 Å². The fourth-order valence-corrected chi connectivity index (χ4v) is 3.29. The van der Waals surface area contributed by atoms with Crippen LogP contribution in [0.2, 0.25) is 0 Å². The minimum atomic E-state index is -0.493. The second-order valence-corrected chi connectivity index (χ2v) is 6.36. The summed E-state index contributed by atoms with van der Waals surface area (Å²) < 4.78 is 18.9. The van der Waals surface area contributed by atoms with Gasteiger partial charge in [0, 0.05) is 38.4 Å². The number of fused-ring (bicyclic) bond motifs is 1. The smallest absolute Gasteiger partial charge is 0.266 e. The number of halogens is 1. The number of para-hydroxylation sites is 2. The summed E-state index contributed by atoms with van der Waals surface area (Å²) in [5.74, 6) is 0.403. The molecule has 0 saturated carbocycles. The molecule has 0 spiro atoms. The van der Waals surface area contributed by atoms with E-state index < -0.39 is 6.10 Å². The third-order valence-electron chi connectivity index (χ3n) is 4.69. The maximum atomic E-state index is 13.0. The van der Waals surface area contributed by atoms with Crippen LogP contribution in [0.25, 0.3) is 0 Å². The minimum absolute atomic E-state index is 0.0975. The van der Waals surface area contributed by atoms with Crippen molar-refractivity contribution < 1.29 is 13.9 Å². The Kier molecular flexibility index (Phi) is 4.28. The van der Waals surface area contributed by atoms with E-state index in [0.717, 1.165) is 43.3 Å². The molecule has 1 fully saturated rings. The molecule has 5 nitrogen and oxygen atoms in total. The highest BCUT2D eigenvalue weighted by Gasteiger charge is 2.30. The van der Waals surface area contributed by atoms with Crippen molar-refractivity contribution in [3.05, 3.63) is 54.3 Å². The lowest BCUT2D eigenvalue weighted by Crippen LogP contribution is -2.52. The largest absolute Gasteiger partial charge is 0.477 e. The minimum Gasteiger partial charge on any atom is -0.477 e. The van der Waals surface area contributed by atoms with E-state index in [9.17, 15) is 9.18 Å². The molecule has 0 radical (unpaired) electrons. The number of hydrogen-bond donors (Lipinski definition) is 1. The van der Waals surface area contributed by atoms with E-state index in [4.69, 9.17) is 4.74 Å². The fraction of sp³-hybridized carbons (Fsp3) is 0.316. The van der Waals surface area contributed by atoms with Crippen LogP contribution in [-0.4, -0.2) is 49.6 Å². The highest BCUT2D eigenvalue weighted by atomic mass is 19.1. The van der Waals surface area contributed by atoms with Gasteiger partial charge in [0.15, 0.2) is 6.10 Å². The molecule has 1 saturated heterocycles. The number of benzene rings is 2. The first-order valence-corrected chi connectivity index (χ1v) is 8.48. The van der Waals surface area contributed by atoms with Gasteiger partial charge in [-0.3, -0.25) is 9.69 Å². The van der Waals surface area contributed by atoms with Crippen molar-refractivity contribution >= 4 is 17.3 Å². The van der Waals surface area contributed by atoms with E-state index in [1.807, 2.05) is 24.3 Å². The summed E-state index contributed by atoms with van der Waals surface area (Å²) in [5, 5.41) is 2.90. The zero-order chi connectivity index (χ0) is 17.2. The Balaban J connectivity index is 1.34. The third kappa shape index (κ3) is 3.44. The van der Waals surface area contributed by atoms with Crippen LogP contribution in [-0.2, 0) is 4.79 Å². The van der Waals surface area contributed by atoms with Gasteiger partial charge in [-0.15, -0.1) is 0 Å². The predicted molar refractivity (Wildman–Crippen MR) is 94.5 cm³/mol. The topological polar surface area (TPSA) is 44.8 Å². The van der Waals surface area contributed by atoms with Crippen LogP contribution in [0.5, 0.6) is 5.75 Å². The Morgan fingerprint density at radius 2 is 1.76 bits per heavy atom. The van der Waals surface area contributed by atoms with E-state index in [0.29, 0.717) is 6.54 Å². The van der Waals surface area contributed by atoms with E-state index in [-0.39, 0.29) is 11.7 Å². The molecule has 6 heteroatoms. The zero-order valence-corrected chi connectivity index (χ0v) is 13.8. The first-order valence-electron chi connectivity index (χ1n) is 8.48. The molecule has 2 heterocycles. The number of carbonyl (C=O) groups excluding carboxylic acids is 1. The van der Waals surface area contributed by atoms with Crippen molar-refractivity contribution in [2.45, 2.75) is 6.10 Å². The molecule has 1 unspecified atom stereocenters. The van der Waals surface area contributed by atoms with E-state index in [1.54, 1.807) is 12.1 Å². The van der Waals surface area contributed by atoms with Crippen LogP contribution < -0.4 is 15.0 Å². The van der Waals surface area contributed by atoms with Crippen molar-refractivity contribution in [3.63, 3.8) is 0 Å². The van der Waals surface area contributed by atoms with Gasteiger partial charge < -0.3 is 15.0 Å². The summed E-state index contributed by atoms with van der Waals surface area (Å²) in [6.45, 7) is 3.93. The summed E-state index contributed by atoms with van der Waals surface area (Å²) in [5.41, 5.74) is 1.76. The van der Waals surface area contributed by atoms with Gasteiger partial charge in [0.25, 0.3) is 5.91 Å². The number of rotatable bonds is 3. The molecule has 2 aliphatic heterocycles. The molecular formula is C19H20FN3O2. The molecule has 0 aliphatic carbocycles. The lowest BCUT2D eigenvalue weighted by Gasteiger charge is -2.38. The molecule has 130 valence electrons. The lowest BCUT2D eigenvalue weighted by atomic mass is 10.2. The normalized spacial score (nSPS) is 20.6. The first kappa shape index (κ1) is 15.9. The van der Waals surface area contributed by atoms with Crippen LogP contribution in [0.4, 0.5) is 15.8 Å². The molecule has 2 aromatic carbocycles. The number of hydrogen-bond acceptors (Lipinski definition) is 4. The number of piperazine rings is 1. The van der Waals surface area contributed by atoms with Crippen molar-refractivity contribution in [1.29, 1.82) is 0 Å². The summed E-state index contributed by atoms with van der Waals surface area (Å²) in [7, 11) is 0. The summed E-state index contributed by atoms with van der Waals surface area (Å²) in [6, 6.07) is 14.1. The average molecular weight is 341 g/mol. The quantitative estimate of drug-likeness (QED) is 0.931. The standard InChI is InChI=1S/C19H20FN3O2/c20-14-5-7-15(8-6-14)23-11-9-22(10-12-23)13-18-19(24)21-16-3-1-2-4-17(16)25-18/h1-8,18H,9-13H2,(H,21,24). The molecular weight excluding hydrogens is 321 g/mol. The summed E-state index contributed by atoms with van der Waals surface area (Å²) in [4.78, 5) is 16.7. The Morgan fingerprint density at radius 1 is 1.04 bits per heavy atom. The second-order valence-electron chi connectivity index (χ2n) is 6.36. The van der Waals surface area contributed by atoms with Crippen LogP contribution in [0.3, 0.4) is 0 Å². The average Bonchev–Trinajstić information content (AvgIpc) is 2.64. The molecule has 1 amide bonds. The maximum Gasteiger partial charge on any atom is 0.266 e. The zero-order valence-electron chi connectivity index (χ0n) is 13.8. The Labute approximate surface area is 146 Å². The van der Waals surface area contributed by atoms with Gasteiger partial charge in [0.1, 0.15) is 11.6 Å². The number of nitrogens with one attached hydrogen (secondary N) is 1.